The average molecular weight is 497 g/mol. The predicted molar refractivity (Wildman–Crippen MR) is 152 cm³/mol. The number of aromatic nitrogens is 1. The number of hydrogen-bond donors (Lipinski definition) is 1. The third kappa shape index (κ3) is 5.23. The van der Waals surface area contributed by atoms with Crippen LogP contribution in [-0.4, -0.2) is 47.9 Å². The molecular formula is C32H36N2O3. The zero-order valence-electron chi connectivity index (χ0n) is 21.9. The van der Waals surface area contributed by atoms with Crippen LogP contribution < -0.4 is 9.47 Å². The molecule has 0 unspecified atom stereocenters. The van der Waals surface area contributed by atoms with E-state index in [4.69, 9.17) is 9.47 Å². The van der Waals surface area contributed by atoms with Gasteiger partial charge in [0.1, 0.15) is 23.9 Å². The van der Waals surface area contributed by atoms with Gasteiger partial charge in [0.15, 0.2) is 0 Å². The molecule has 1 aliphatic rings. The van der Waals surface area contributed by atoms with Crippen molar-refractivity contribution >= 4 is 16.5 Å². The number of likely N-dealkylation sites (tertiary alicyclic amines) is 1. The van der Waals surface area contributed by atoms with Gasteiger partial charge in [0.2, 0.25) is 0 Å². The number of fused-ring (bicyclic) bond motifs is 1. The number of phenolic OH excluding ortho intramolecular Hbond substituents is 1. The molecule has 37 heavy (non-hydrogen) atoms. The van der Waals surface area contributed by atoms with E-state index in [-0.39, 0.29) is 5.75 Å². The molecule has 1 saturated heterocycles. The Labute approximate surface area is 219 Å². The Morgan fingerprint density at radius 2 is 1.62 bits per heavy atom. The van der Waals surface area contributed by atoms with Crippen LogP contribution in [0.15, 0.2) is 73.3 Å². The van der Waals surface area contributed by atoms with Crippen LogP contribution in [0.5, 0.6) is 17.2 Å². The lowest BCUT2D eigenvalue weighted by Gasteiger charge is -2.26. The van der Waals surface area contributed by atoms with E-state index in [1.165, 1.54) is 32.4 Å². The third-order valence-electron chi connectivity index (χ3n) is 7.36. The highest BCUT2D eigenvalue weighted by molar-refractivity contribution is 6.04. The van der Waals surface area contributed by atoms with Crippen molar-refractivity contribution < 1.29 is 14.6 Å². The zero-order chi connectivity index (χ0) is 25.8. The van der Waals surface area contributed by atoms with Crippen molar-refractivity contribution in [2.24, 2.45) is 0 Å². The van der Waals surface area contributed by atoms with E-state index >= 15 is 0 Å². The monoisotopic (exact) mass is 496 g/mol. The van der Waals surface area contributed by atoms with Gasteiger partial charge in [-0.25, -0.2) is 0 Å². The van der Waals surface area contributed by atoms with E-state index in [9.17, 15) is 5.11 Å². The number of benzene rings is 3. The lowest BCUT2D eigenvalue weighted by atomic mass is 9.94. The second kappa shape index (κ2) is 11.1. The largest absolute Gasteiger partial charge is 0.508 e. The number of ether oxygens (including phenoxy) is 2. The van der Waals surface area contributed by atoms with Gasteiger partial charge in [-0.05, 0) is 98.1 Å². The van der Waals surface area contributed by atoms with Gasteiger partial charge in [-0.1, -0.05) is 25.1 Å². The van der Waals surface area contributed by atoms with Crippen LogP contribution in [0.25, 0.3) is 27.7 Å². The zero-order valence-corrected chi connectivity index (χ0v) is 21.9. The van der Waals surface area contributed by atoms with Crippen molar-refractivity contribution in [2.45, 2.75) is 32.7 Å². The molecule has 0 bridgehead atoms. The van der Waals surface area contributed by atoms with Crippen LogP contribution in [0.2, 0.25) is 0 Å². The summed E-state index contributed by atoms with van der Waals surface area (Å²) in [5.41, 5.74) is 6.20. The molecule has 4 aromatic rings. The topological polar surface area (TPSA) is 46.9 Å². The first-order chi connectivity index (χ1) is 18.1. The number of nitrogens with zero attached hydrogens (tertiary/aromatic N) is 2. The fraction of sp³-hybridized carbons (Fsp3) is 0.312. The molecule has 1 aromatic heterocycles. The minimum Gasteiger partial charge on any atom is -0.508 e. The average Bonchev–Trinajstić information content (AvgIpc) is 3.27. The summed E-state index contributed by atoms with van der Waals surface area (Å²) >= 11 is 0. The maximum Gasteiger partial charge on any atom is 0.119 e. The summed E-state index contributed by atoms with van der Waals surface area (Å²) in [4.78, 5) is 2.49. The first-order valence-electron chi connectivity index (χ1n) is 13.2. The van der Waals surface area contributed by atoms with Crippen molar-refractivity contribution in [1.29, 1.82) is 0 Å². The number of aryl methyl sites for hydroxylation is 1. The molecule has 5 rings (SSSR count). The highest BCUT2D eigenvalue weighted by Gasteiger charge is 2.21. The predicted octanol–water partition coefficient (Wildman–Crippen LogP) is 6.97. The Morgan fingerprint density at radius 1 is 0.919 bits per heavy atom. The van der Waals surface area contributed by atoms with E-state index < -0.39 is 0 Å². The Balaban J connectivity index is 1.46. The van der Waals surface area contributed by atoms with Crippen LogP contribution in [0, 0.1) is 0 Å². The minimum absolute atomic E-state index is 0.254. The molecule has 0 atom stereocenters. The van der Waals surface area contributed by atoms with E-state index in [1.807, 2.05) is 36.4 Å². The molecule has 0 spiro atoms. The second-order valence-electron chi connectivity index (χ2n) is 9.65. The normalized spacial score (nSPS) is 14.1. The molecule has 0 saturated carbocycles. The summed E-state index contributed by atoms with van der Waals surface area (Å²) in [6.07, 6.45) is 3.94. The molecule has 1 fully saturated rings. The van der Waals surface area contributed by atoms with E-state index in [0.717, 1.165) is 63.4 Å². The SMILES string of the molecule is C=C(c1ccc(OCCN2CCCCC2)cc1)c1c(-c2ccc(OC)cc2)n(CC)c2cc(O)ccc12. The fourth-order valence-corrected chi connectivity index (χ4v) is 5.39. The molecule has 3 aromatic carbocycles. The highest BCUT2D eigenvalue weighted by atomic mass is 16.5. The van der Waals surface area contributed by atoms with E-state index in [1.54, 1.807) is 13.2 Å². The number of piperidine rings is 1. The van der Waals surface area contributed by atoms with Crippen molar-refractivity contribution in [3.05, 3.63) is 84.4 Å². The van der Waals surface area contributed by atoms with Gasteiger partial charge in [-0.15, -0.1) is 0 Å². The summed E-state index contributed by atoms with van der Waals surface area (Å²) in [6.45, 7) is 11.5. The quantitative estimate of drug-likeness (QED) is 0.272. The standard InChI is InChI=1S/C32H36N2O3/c1-4-34-30-22-26(35)12-17-29(30)31(32(34)25-10-13-27(36-3)14-11-25)23(2)24-8-15-28(16-9-24)37-21-20-33-18-6-5-7-19-33/h8-17,22,35H,2,4-7,18-21H2,1,3H3. The van der Waals surface area contributed by atoms with Crippen molar-refractivity contribution in [2.75, 3.05) is 33.4 Å². The van der Waals surface area contributed by atoms with Gasteiger partial charge >= 0.3 is 0 Å². The van der Waals surface area contributed by atoms with Gasteiger partial charge in [0.25, 0.3) is 0 Å². The maximum atomic E-state index is 10.3. The van der Waals surface area contributed by atoms with Crippen LogP contribution >= 0.6 is 0 Å². The number of hydrogen-bond acceptors (Lipinski definition) is 4. The number of phenols is 1. The summed E-state index contributed by atoms with van der Waals surface area (Å²) in [7, 11) is 1.68. The Kier molecular flexibility index (Phi) is 7.52. The van der Waals surface area contributed by atoms with Gasteiger partial charge in [-0.2, -0.15) is 0 Å². The first kappa shape index (κ1) is 25.0. The summed E-state index contributed by atoms with van der Waals surface area (Å²) in [5, 5.41) is 11.3. The summed E-state index contributed by atoms with van der Waals surface area (Å²) in [5.74, 6) is 1.95. The fourth-order valence-electron chi connectivity index (χ4n) is 5.39. The lowest BCUT2D eigenvalue weighted by Crippen LogP contribution is -2.33. The highest BCUT2D eigenvalue weighted by Crippen LogP contribution is 2.41. The maximum absolute atomic E-state index is 10.3. The molecule has 2 heterocycles. The first-order valence-corrected chi connectivity index (χ1v) is 13.2. The molecule has 0 amide bonds. The minimum atomic E-state index is 0.254. The van der Waals surface area contributed by atoms with Crippen molar-refractivity contribution in [3.8, 4) is 28.5 Å². The molecule has 1 N–H and O–H groups in total. The summed E-state index contributed by atoms with van der Waals surface area (Å²) < 4.78 is 13.7. The van der Waals surface area contributed by atoms with Gasteiger partial charge in [0.05, 0.1) is 18.3 Å². The number of methoxy groups -OCH3 is 1. The van der Waals surface area contributed by atoms with Crippen LogP contribution in [0.3, 0.4) is 0 Å². The van der Waals surface area contributed by atoms with E-state index in [2.05, 4.69) is 47.2 Å². The van der Waals surface area contributed by atoms with Crippen LogP contribution in [-0.2, 0) is 6.54 Å². The van der Waals surface area contributed by atoms with Gasteiger partial charge in [-0.3, -0.25) is 4.90 Å². The number of aromatic hydroxyl groups is 1. The third-order valence-corrected chi connectivity index (χ3v) is 7.36. The molecule has 5 heteroatoms. The Morgan fingerprint density at radius 3 is 2.30 bits per heavy atom. The number of rotatable bonds is 9. The van der Waals surface area contributed by atoms with Crippen LogP contribution in [0.4, 0.5) is 0 Å². The smallest absolute Gasteiger partial charge is 0.119 e. The molecule has 192 valence electrons. The lowest BCUT2D eigenvalue weighted by molar-refractivity contribution is 0.183. The van der Waals surface area contributed by atoms with Gasteiger partial charge < -0.3 is 19.1 Å². The van der Waals surface area contributed by atoms with Gasteiger partial charge in [0, 0.05) is 30.1 Å². The summed E-state index contributed by atoms with van der Waals surface area (Å²) in [6, 6.07) is 21.9. The molecule has 0 aliphatic carbocycles. The van der Waals surface area contributed by atoms with Crippen molar-refractivity contribution in [3.63, 3.8) is 0 Å². The molecule has 0 radical (unpaired) electrons. The molecular weight excluding hydrogens is 460 g/mol. The molecule has 5 nitrogen and oxygen atoms in total. The second-order valence-corrected chi connectivity index (χ2v) is 9.65. The molecule has 1 aliphatic heterocycles. The van der Waals surface area contributed by atoms with E-state index in [0.29, 0.717) is 6.61 Å². The Hall–Kier alpha value is -3.70. The van der Waals surface area contributed by atoms with Crippen molar-refractivity contribution in [1.82, 2.24) is 9.47 Å². The van der Waals surface area contributed by atoms with Crippen LogP contribution in [0.1, 0.15) is 37.3 Å². The Bertz CT molecular complexity index is 1360.